The minimum atomic E-state index is -0.321. The average Bonchev–Trinajstić information content (AvgIpc) is 3.18. The van der Waals surface area contributed by atoms with Gasteiger partial charge < -0.3 is 20.1 Å². The van der Waals surface area contributed by atoms with Gasteiger partial charge in [0.15, 0.2) is 0 Å². The van der Waals surface area contributed by atoms with Crippen LogP contribution in [0.5, 0.6) is 0 Å². The SMILES string of the molecule is CCCCCCCCCCCC(=O)OCC(CCCCCNCCCCCCCCCCCCCNCCCCC)OC(=O)CCCCCCCCCCC. The molecule has 0 rings (SSSR count). The van der Waals surface area contributed by atoms with Gasteiger partial charge in [-0.25, -0.2) is 0 Å². The molecule has 0 saturated carbocycles. The van der Waals surface area contributed by atoms with E-state index in [-0.39, 0.29) is 24.6 Å². The van der Waals surface area contributed by atoms with Crippen LogP contribution in [0.2, 0.25) is 0 Å². The van der Waals surface area contributed by atoms with Crippen molar-refractivity contribution >= 4 is 11.9 Å². The van der Waals surface area contributed by atoms with E-state index in [1.807, 2.05) is 0 Å². The van der Waals surface area contributed by atoms with Crippen molar-refractivity contribution in [3.05, 3.63) is 0 Å². The fourth-order valence-corrected chi connectivity index (χ4v) is 7.48. The molecule has 1 unspecified atom stereocenters. The lowest BCUT2D eigenvalue weighted by atomic mass is 10.1. The molecule has 0 saturated heterocycles. The quantitative estimate of drug-likeness (QED) is 0.0473. The highest BCUT2D eigenvalue weighted by Gasteiger charge is 2.17. The maximum atomic E-state index is 12.7. The van der Waals surface area contributed by atoms with Crippen LogP contribution in [0.3, 0.4) is 0 Å². The van der Waals surface area contributed by atoms with Crippen LogP contribution in [-0.2, 0) is 19.1 Å². The van der Waals surface area contributed by atoms with E-state index in [4.69, 9.17) is 9.47 Å². The summed E-state index contributed by atoms with van der Waals surface area (Å²) < 4.78 is 11.5. The lowest BCUT2D eigenvalue weighted by molar-refractivity contribution is -0.159. The van der Waals surface area contributed by atoms with E-state index in [2.05, 4.69) is 31.4 Å². The largest absolute Gasteiger partial charge is 0.462 e. The van der Waals surface area contributed by atoms with Crippen molar-refractivity contribution in [2.75, 3.05) is 32.8 Å². The molecular weight excluding hydrogens is 681 g/mol. The summed E-state index contributed by atoms with van der Waals surface area (Å²) in [6.45, 7) is 11.5. The van der Waals surface area contributed by atoms with Gasteiger partial charge in [0.1, 0.15) is 12.7 Å². The van der Waals surface area contributed by atoms with Crippen molar-refractivity contribution in [1.29, 1.82) is 0 Å². The van der Waals surface area contributed by atoms with Gasteiger partial charge in [-0.1, -0.05) is 201 Å². The molecule has 0 aromatic rings. The molecule has 0 bridgehead atoms. The highest BCUT2D eigenvalue weighted by atomic mass is 16.6. The first-order chi connectivity index (χ1) is 27.1. The summed E-state index contributed by atoms with van der Waals surface area (Å²) in [6, 6.07) is 0. The Bertz CT molecular complexity index is 763. The molecule has 0 spiro atoms. The molecule has 0 radical (unpaired) electrons. The van der Waals surface area contributed by atoms with Crippen LogP contribution < -0.4 is 10.6 Å². The maximum Gasteiger partial charge on any atom is 0.306 e. The smallest absolute Gasteiger partial charge is 0.306 e. The van der Waals surface area contributed by atoms with Crippen LogP contribution in [0.1, 0.15) is 265 Å². The minimum Gasteiger partial charge on any atom is -0.462 e. The molecule has 0 aliphatic carbocycles. The number of hydrogen-bond donors (Lipinski definition) is 2. The van der Waals surface area contributed by atoms with E-state index in [9.17, 15) is 9.59 Å². The highest BCUT2D eigenvalue weighted by Crippen LogP contribution is 2.15. The molecule has 0 heterocycles. The monoisotopic (exact) mass is 779 g/mol. The van der Waals surface area contributed by atoms with Crippen molar-refractivity contribution in [2.24, 2.45) is 0 Å². The summed E-state index contributed by atoms with van der Waals surface area (Å²) in [6.07, 6.45) is 45.9. The topological polar surface area (TPSA) is 76.7 Å². The van der Waals surface area contributed by atoms with Crippen LogP contribution in [0.4, 0.5) is 0 Å². The number of hydrogen-bond acceptors (Lipinski definition) is 6. The average molecular weight is 779 g/mol. The molecule has 1 atom stereocenters. The number of carbonyl (C=O) groups excluding carboxylic acids is 2. The summed E-state index contributed by atoms with van der Waals surface area (Å²) in [4.78, 5) is 25.2. The van der Waals surface area contributed by atoms with Gasteiger partial charge in [-0.05, 0) is 77.5 Å². The lowest BCUT2D eigenvalue weighted by Crippen LogP contribution is -2.25. The summed E-state index contributed by atoms with van der Waals surface area (Å²) >= 11 is 0. The lowest BCUT2D eigenvalue weighted by Gasteiger charge is -2.18. The molecule has 328 valence electrons. The van der Waals surface area contributed by atoms with Crippen molar-refractivity contribution < 1.29 is 19.1 Å². The summed E-state index contributed by atoms with van der Waals surface area (Å²) in [5.41, 5.74) is 0. The van der Waals surface area contributed by atoms with E-state index < -0.39 is 0 Å². The Morgan fingerprint density at radius 1 is 0.364 bits per heavy atom. The zero-order valence-corrected chi connectivity index (χ0v) is 37.6. The minimum absolute atomic E-state index is 0.128. The van der Waals surface area contributed by atoms with Gasteiger partial charge in [-0.15, -0.1) is 0 Å². The number of esters is 2. The number of unbranched alkanes of at least 4 members (excludes halogenated alkanes) is 30. The first-order valence-corrected chi connectivity index (χ1v) is 24.9. The third kappa shape index (κ3) is 45.4. The molecule has 0 amide bonds. The van der Waals surface area contributed by atoms with Gasteiger partial charge >= 0.3 is 11.9 Å². The molecule has 55 heavy (non-hydrogen) atoms. The summed E-state index contributed by atoms with van der Waals surface area (Å²) in [7, 11) is 0. The van der Waals surface area contributed by atoms with Crippen LogP contribution in [0, 0.1) is 0 Å². The van der Waals surface area contributed by atoms with Crippen LogP contribution in [0.15, 0.2) is 0 Å². The number of carbonyl (C=O) groups is 2. The van der Waals surface area contributed by atoms with Crippen molar-refractivity contribution in [2.45, 2.75) is 271 Å². The van der Waals surface area contributed by atoms with Crippen LogP contribution in [-0.4, -0.2) is 50.8 Å². The standard InChI is InChI=1S/C49H98N2O4/c1-4-7-10-12-14-19-23-27-33-40-48(52)54-46-47(55-49(53)41-34-28-24-20-15-13-11-8-5-2)39-32-31-38-45-51-44-37-30-26-22-18-16-17-21-25-29-36-43-50-42-35-9-6-3/h47,50-51H,4-46H2,1-3H3. The first kappa shape index (κ1) is 53.9. The van der Waals surface area contributed by atoms with Crippen molar-refractivity contribution in [3.63, 3.8) is 0 Å². The van der Waals surface area contributed by atoms with Crippen LogP contribution in [0.25, 0.3) is 0 Å². The van der Waals surface area contributed by atoms with Gasteiger partial charge in [0, 0.05) is 12.8 Å². The normalized spacial score (nSPS) is 12.0. The predicted octanol–water partition coefficient (Wildman–Crippen LogP) is 14.5. The van der Waals surface area contributed by atoms with Gasteiger partial charge in [0.25, 0.3) is 0 Å². The Kier molecular flexibility index (Phi) is 46.3. The van der Waals surface area contributed by atoms with E-state index in [1.165, 1.54) is 193 Å². The van der Waals surface area contributed by atoms with E-state index in [0.717, 1.165) is 64.5 Å². The molecule has 0 fully saturated rings. The van der Waals surface area contributed by atoms with Gasteiger partial charge in [0.2, 0.25) is 0 Å². The Morgan fingerprint density at radius 2 is 0.655 bits per heavy atom. The molecular formula is C49H98N2O4. The van der Waals surface area contributed by atoms with E-state index in [0.29, 0.717) is 12.8 Å². The number of ether oxygens (including phenoxy) is 2. The van der Waals surface area contributed by atoms with Crippen LogP contribution >= 0.6 is 0 Å². The Balaban J connectivity index is 4.01. The Morgan fingerprint density at radius 3 is 1.05 bits per heavy atom. The van der Waals surface area contributed by atoms with Gasteiger partial charge in [-0.2, -0.15) is 0 Å². The number of rotatable bonds is 47. The second kappa shape index (κ2) is 47.2. The second-order valence-electron chi connectivity index (χ2n) is 16.9. The zero-order valence-electron chi connectivity index (χ0n) is 37.6. The number of nitrogens with one attached hydrogen (secondary N) is 2. The van der Waals surface area contributed by atoms with Gasteiger partial charge in [0.05, 0.1) is 0 Å². The molecule has 2 N–H and O–H groups in total. The van der Waals surface area contributed by atoms with Gasteiger partial charge in [-0.3, -0.25) is 9.59 Å². The third-order valence-corrected chi connectivity index (χ3v) is 11.2. The first-order valence-electron chi connectivity index (χ1n) is 24.9. The molecule has 0 aromatic carbocycles. The molecule has 6 nitrogen and oxygen atoms in total. The fraction of sp³-hybridized carbons (Fsp3) is 0.959. The predicted molar refractivity (Wildman–Crippen MR) is 239 cm³/mol. The molecule has 0 aromatic heterocycles. The van der Waals surface area contributed by atoms with E-state index in [1.54, 1.807) is 0 Å². The third-order valence-electron chi connectivity index (χ3n) is 11.2. The zero-order chi connectivity index (χ0) is 40.0. The molecule has 6 heteroatoms. The van der Waals surface area contributed by atoms with Crippen molar-refractivity contribution in [3.8, 4) is 0 Å². The second-order valence-corrected chi connectivity index (χ2v) is 16.9. The summed E-state index contributed by atoms with van der Waals surface area (Å²) in [5, 5.41) is 7.22. The highest BCUT2D eigenvalue weighted by molar-refractivity contribution is 5.70. The fourth-order valence-electron chi connectivity index (χ4n) is 7.48. The molecule has 0 aliphatic rings. The van der Waals surface area contributed by atoms with Crippen molar-refractivity contribution in [1.82, 2.24) is 10.6 Å². The Labute approximate surface area is 344 Å². The summed E-state index contributed by atoms with van der Waals surface area (Å²) in [5.74, 6) is -0.272. The van der Waals surface area contributed by atoms with E-state index >= 15 is 0 Å². The maximum absolute atomic E-state index is 12.7. The Hall–Kier alpha value is -1.14. The molecule has 0 aliphatic heterocycles.